The van der Waals surface area contributed by atoms with Gasteiger partial charge in [0.2, 0.25) is 0 Å². The summed E-state index contributed by atoms with van der Waals surface area (Å²) >= 11 is 0. The summed E-state index contributed by atoms with van der Waals surface area (Å²) in [6.07, 6.45) is 5.70. The van der Waals surface area contributed by atoms with Gasteiger partial charge < -0.3 is 9.47 Å². The first-order valence-electron chi connectivity index (χ1n) is 9.75. The van der Waals surface area contributed by atoms with Gasteiger partial charge in [-0.05, 0) is 49.0 Å². The van der Waals surface area contributed by atoms with E-state index in [9.17, 15) is 0 Å². The minimum atomic E-state index is 0.502. The van der Waals surface area contributed by atoms with Gasteiger partial charge in [-0.2, -0.15) is 0 Å². The summed E-state index contributed by atoms with van der Waals surface area (Å²) in [5.41, 5.74) is 1.02. The minimum Gasteiger partial charge on any atom is -0.379 e. The molecule has 2 aliphatic carbocycles. The Morgan fingerprint density at radius 2 is 1.61 bits per heavy atom. The third-order valence-electron chi connectivity index (χ3n) is 7.85. The molecule has 4 nitrogen and oxygen atoms in total. The molecule has 132 valence electrons. The van der Waals surface area contributed by atoms with E-state index in [0.29, 0.717) is 10.8 Å². The van der Waals surface area contributed by atoms with Gasteiger partial charge in [-0.15, -0.1) is 0 Å². The normalized spacial score (nSPS) is 41.5. The van der Waals surface area contributed by atoms with E-state index in [4.69, 9.17) is 9.47 Å². The van der Waals surface area contributed by atoms with Crippen molar-refractivity contribution in [2.75, 3.05) is 59.2 Å². The van der Waals surface area contributed by atoms with Crippen LogP contribution in [0.3, 0.4) is 0 Å². The van der Waals surface area contributed by atoms with Gasteiger partial charge in [0.05, 0.1) is 26.4 Å². The second kappa shape index (κ2) is 6.29. The summed E-state index contributed by atoms with van der Waals surface area (Å²) < 4.78 is 11.1. The highest BCUT2D eigenvalue weighted by Crippen LogP contribution is 2.68. The first kappa shape index (κ1) is 16.3. The zero-order valence-electron chi connectivity index (χ0n) is 15.1. The second-order valence-electron chi connectivity index (χ2n) is 8.72. The molecule has 2 heterocycles. The van der Waals surface area contributed by atoms with Crippen molar-refractivity contribution in [1.29, 1.82) is 0 Å². The van der Waals surface area contributed by atoms with Crippen LogP contribution < -0.4 is 0 Å². The Morgan fingerprint density at radius 1 is 0.957 bits per heavy atom. The Balaban J connectivity index is 1.50. The third kappa shape index (κ3) is 2.66. The van der Waals surface area contributed by atoms with Gasteiger partial charge in [-0.25, -0.2) is 0 Å². The fraction of sp³-hybridized carbons (Fsp3) is 1.00. The predicted octanol–water partition coefficient (Wildman–Crippen LogP) is 2.24. The van der Waals surface area contributed by atoms with Crippen LogP contribution >= 0.6 is 0 Å². The Labute approximate surface area is 141 Å². The molecule has 0 aromatic heterocycles. The highest BCUT2D eigenvalue weighted by molar-refractivity contribution is 5.15. The zero-order chi connectivity index (χ0) is 15.9. The number of hydrogen-bond acceptors (Lipinski definition) is 4. The van der Waals surface area contributed by atoms with Gasteiger partial charge in [-0.3, -0.25) is 9.80 Å². The molecule has 0 aromatic rings. The van der Waals surface area contributed by atoms with Crippen molar-refractivity contribution in [2.45, 2.75) is 45.6 Å². The van der Waals surface area contributed by atoms with Crippen molar-refractivity contribution < 1.29 is 9.47 Å². The minimum absolute atomic E-state index is 0.502. The molecule has 23 heavy (non-hydrogen) atoms. The second-order valence-corrected chi connectivity index (χ2v) is 8.72. The number of rotatable bonds is 4. The Hall–Kier alpha value is -0.160. The van der Waals surface area contributed by atoms with Gasteiger partial charge in [-0.1, -0.05) is 13.8 Å². The van der Waals surface area contributed by atoms with E-state index in [-0.39, 0.29) is 0 Å². The van der Waals surface area contributed by atoms with Crippen LogP contribution in [-0.4, -0.2) is 75.0 Å². The summed E-state index contributed by atoms with van der Waals surface area (Å²) in [6, 6.07) is 0.793. The van der Waals surface area contributed by atoms with Gasteiger partial charge in [0.15, 0.2) is 0 Å². The average molecular weight is 322 g/mol. The molecule has 2 aliphatic heterocycles. The van der Waals surface area contributed by atoms with Crippen molar-refractivity contribution in [3.63, 3.8) is 0 Å². The number of ether oxygens (including phenoxy) is 2. The quantitative estimate of drug-likeness (QED) is 0.792. The Kier molecular flexibility index (Phi) is 4.46. The van der Waals surface area contributed by atoms with Crippen molar-refractivity contribution >= 4 is 0 Å². The summed E-state index contributed by atoms with van der Waals surface area (Å²) in [7, 11) is 0. The zero-order valence-corrected chi connectivity index (χ0v) is 15.1. The molecule has 0 radical (unpaired) electrons. The van der Waals surface area contributed by atoms with E-state index in [1.807, 2.05) is 0 Å². The molecule has 2 saturated carbocycles. The van der Waals surface area contributed by atoms with Crippen LogP contribution in [0.5, 0.6) is 0 Å². The first-order valence-corrected chi connectivity index (χ1v) is 9.75. The smallest absolute Gasteiger partial charge is 0.0594 e. The number of hydrogen-bond donors (Lipinski definition) is 0. The molecule has 0 N–H and O–H groups in total. The van der Waals surface area contributed by atoms with Crippen molar-refractivity contribution in [1.82, 2.24) is 9.80 Å². The molecule has 0 spiro atoms. The fourth-order valence-corrected chi connectivity index (χ4v) is 6.21. The number of nitrogens with zero attached hydrogens (tertiary/aromatic N) is 2. The van der Waals surface area contributed by atoms with E-state index >= 15 is 0 Å². The monoisotopic (exact) mass is 322 g/mol. The molecular weight excluding hydrogens is 288 g/mol. The summed E-state index contributed by atoms with van der Waals surface area (Å²) in [5.74, 6) is 0.931. The average Bonchev–Trinajstić information content (AvgIpc) is 2.97. The molecule has 0 amide bonds. The first-order chi connectivity index (χ1) is 11.1. The number of morpholine rings is 2. The highest BCUT2D eigenvalue weighted by Gasteiger charge is 2.64. The summed E-state index contributed by atoms with van der Waals surface area (Å²) in [6.45, 7) is 14.7. The van der Waals surface area contributed by atoms with Crippen molar-refractivity contribution in [3.8, 4) is 0 Å². The van der Waals surface area contributed by atoms with E-state index in [1.165, 1.54) is 32.2 Å². The third-order valence-corrected chi connectivity index (χ3v) is 7.85. The largest absolute Gasteiger partial charge is 0.379 e. The Morgan fingerprint density at radius 3 is 2.26 bits per heavy atom. The van der Waals surface area contributed by atoms with Gasteiger partial charge in [0, 0.05) is 32.2 Å². The lowest BCUT2D eigenvalue weighted by atomic mass is 9.65. The molecule has 4 fully saturated rings. The summed E-state index contributed by atoms with van der Waals surface area (Å²) in [5, 5.41) is 0. The van der Waals surface area contributed by atoms with Gasteiger partial charge in [0.25, 0.3) is 0 Å². The van der Waals surface area contributed by atoms with Crippen LogP contribution in [0.15, 0.2) is 0 Å². The van der Waals surface area contributed by atoms with Crippen molar-refractivity contribution in [2.24, 2.45) is 16.7 Å². The molecule has 0 aromatic carbocycles. The van der Waals surface area contributed by atoms with Crippen LogP contribution in [0.25, 0.3) is 0 Å². The van der Waals surface area contributed by atoms with Crippen LogP contribution in [0.1, 0.15) is 39.5 Å². The van der Waals surface area contributed by atoms with E-state index in [0.717, 1.165) is 64.6 Å². The standard InChI is InChI=1S/C19H34N2O2/c1-18(2)16-3-4-19(18,5-6-20-7-11-22-12-8-20)17(15-16)21-9-13-23-14-10-21/h16-17H,3-15H2,1-2H3. The van der Waals surface area contributed by atoms with Crippen LogP contribution in [-0.2, 0) is 9.47 Å². The maximum atomic E-state index is 5.62. The SMILES string of the molecule is CC1(C)C2CCC1(CCN1CCOCC1)C(N1CCOCC1)C2. The maximum Gasteiger partial charge on any atom is 0.0594 e. The van der Waals surface area contributed by atoms with Gasteiger partial charge in [0.1, 0.15) is 0 Å². The molecule has 3 atom stereocenters. The van der Waals surface area contributed by atoms with E-state index < -0.39 is 0 Å². The Bertz CT molecular complexity index is 416. The molecule has 2 bridgehead atoms. The molecular formula is C19H34N2O2. The molecule has 4 aliphatic rings. The van der Waals surface area contributed by atoms with Gasteiger partial charge >= 0.3 is 0 Å². The lowest BCUT2D eigenvalue weighted by Crippen LogP contribution is -2.53. The lowest BCUT2D eigenvalue weighted by molar-refractivity contribution is -0.0444. The predicted molar refractivity (Wildman–Crippen MR) is 91.6 cm³/mol. The van der Waals surface area contributed by atoms with Crippen LogP contribution in [0.2, 0.25) is 0 Å². The van der Waals surface area contributed by atoms with Crippen LogP contribution in [0.4, 0.5) is 0 Å². The molecule has 4 heteroatoms. The molecule has 2 saturated heterocycles. The topological polar surface area (TPSA) is 24.9 Å². The highest BCUT2D eigenvalue weighted by atomic mass is 16.5. The molecule has 3 unspecified atom stereocenters. The van der Waals surface area contributed by atoms with E-state index in [1.54, 1.807) is 0 Å². The maximum absolute atomic E-state index is 5.62. The number of fused-ring (bicyclic) bond motifs is 2. The summed E-state index contributed by atoms with van der Waals surface area (Å²) in [4.78, 5) is 5.42. The van der Waals surface area contributed by atoms with Crippen LogP contribution in [0, 0.1) is 16.7 Å². The van der Waals surface area contributed by atoms with E-state index in [2.05, 4.69) is 23.6 Å². The van der Waals surface area contributed by atoms with Crippen molar-refractivity contribution in [3.05, 3.63) is 0 Å². The molecule has 4 rings (SSSR count). The fourth-order valence-electron chi connectivity index (χ4n) is 6.21. The lowest BCUT2D eigenvalue weighted by Gasteiger charge is -2.49.